The highest BCUT2D eigenvalue weighted by molar-refractivity contribution is 5.96. The fourth-order valence-corrected chi connectivity index (χ4v) is 6.28. The van der Waals surface area contributed by atoms with Crippen molar-refractivity contribution in [2.75, 3.05) is 5.32 Å². The van der Waals surface area contributed by atoms with E-state index in [9.17, 15) is 4.79 Å². The van der Waals surface area contributed by atoms with E-state index >= 15 is 0 Å². The predicted octanol–water partition coefficient (Wildman–Crippen LogP) is 4.64. The Morgan fingerprint density at radius 2 is 1.62 bits per heavy atom. The molecule has 2 aromatic rings. The Morgan fingerprint density at radius 3 is 2.19 bits per heavy atom. The molecule has 136 valence electrons. The molecule has 0 unspecified atom stereocenters. The number of anilines is 1. The Labute approximate surface area is 155 Å². The summed E-state index contributed by atoms with van der Waals surface area (Å²) in [5, 5.41) is 7.99. The van der Waals surface area contributed by atoms with Gasteiger partial charge in [-0.3, -0.25) is 4.79 Å². The zero-order chi connectivity index (χ0) is 17.9. The van der Waals surface area contributed by atoms with Gasteiger partial charge in [0.15, 0.2) is 0 Å². The molecule has 0 radical (unpaired) electrons. The number of amides is 1. The standard InChI is InChI=1S/C22H27N3O/c1-14-20(15(2)25(24-14)19-6-4-3-5-7-19)23-21(26)22-11-16-8-17(12-22)10-18(9-16)13-22/h3-7,16-18H,8-13H2,1-2H3,(H,23,26). The van der Waals surface area contributed by atoms with Crippen molar-refractivity contribution in [2.24, 2.45) is 23.2 Å². The minimum absolute atomic E-state index is 0.123. The van der Waals surface area contributed by atoms with Crippen LogP contribution in [0.25, 0.3) is 5.69 Å². The summed E-state index contributed by atoms with van der Waals surface area (Å²) in [4.78, 5) is 13.4. The van der Waals surface area contributed by atoms with Crippen LogP contribution in [-0.2, 0) is 4.79 Å². The Balaban J connectivity index is 1.43. The Kier molecular flexibility index (Phi) is 3.53. The molecule has 6 rings (SSSR count). The van der Waals surface area contributed by atoms with Gasteiger partial charge in [0.2, 0.25) is 5.91 Å². The van der Waals surface area contributed by atoms with Gasteiger partial charge in [-0.05, 0) is 82.3 Å². The van der Waals surface area contributed by atoms with E-state index in [-0.39, 0.29) is 11.3 Å². The van der Waals surface area contributed by atoms with Crippen molar-refractivity contribution >= 4 is 11.6 Å². The number of nitrogens with one attached hydrogen (secondary N) is 1. The minimum atomic E-state index is -0.123. The zero-order valence-corrected chi connectivity index (χ0v) is 15.7. The Morgan fingerprint density at radius 1 is 1.04 bits per heavy atom. The third-order valence-corrected chi connectivity index (χ3v) is 7.05. The molecular weight excluding hydrogens is 322 g/mol. The maximum atomic E-state index is 13.4. The van der Waals surface area contributed by atoms with Crippen molar-refractivity contribution in [3.05, 3.63) is 41.7 Å². The van der Waals surface area contributed by atoms with E-state index in [2.05, 4.69) is 10.4 Å². The largest absolute Gasteiger partial charge is 0.322 e. The van der Waals surface area contributed by atoms with Gasteiger partial charge >= 0.3 is 0 Å². The Bertz CT molecular complexity index is 816. The van der Waals surface area contributed by atoms with Gasteiger partial charge < -0.3 is 5.32 Å². The summed E-state index contributed by atoms with van der Waals surface area (Å²) >= 11 is 0. The monoisotopic (exact) mass is 349 g/mol. The molecule has 0 spiro atoms. The number of benzene rings is 1. The molecule has 0 saturated heterocycles. The highest BCUT2D eigenvalue weighted by Crippen LogP contribution is 2.60. The second-order valence-electron chi connectivity index (χ2n) is 8.95. The molecule has 0 atom stereocenters. The highest BCUT2D eigenvalue weighted by atomic mass is 16.2. The van der Waals surface area contributed by atoms with Crippen molar-refractivity contribution < 1.29 is 4.79 Å². The smallest absolute Gasteiger partial charge is 0.230 e. The molecule has 4 heteroatoms. The SMILES string of the molecule is Cc1nn(-c2ccccc2)c(C)c1NC(=O)C12CC3CC(CC(C3)C1)C2. The van der Waals surface area contributed by atoms with Crippen molar-refractivity contribution in [1.82, 2.24) is 9.78 Å². The summed E-state index contributed by atoms with van der Waals surface area (Å²) in [5.74, 6) is 2.58. The van der Waals surface area contributed by atoms with Crippen molar-refractivity contribution in [3.63, 3.8) is 0 Å². The van der Waals surface area contributed by atoms with Crippen LogP contribution in [0.3, 0.4) is 0 Å². The molecule has 1 aromatic heterocycles. The molecule has 4 aliphatic rings. The number of hydrogen-bond donors (Lipinski definition) is 1. The van der Waals surface area contributed by atoms with Gasteiger partial charge in [-0.2, -0.15) is 5.10 Å². The summed E-state index contributed by atoms with van der Waals surface area (Å²) in [6.07, 6.45) is 7.35. The van der Waals surface area contributed by atoms with Crippen molar-refractivity contribution in [1.29, 1.82) is 0 Å². The zero-order valence-electron chi connectivity index (χ0n) is 15.7. The molecule has 4 saturated carbocycles. The third kappa shape index (κ3) is 2.42. The van der Waals surface area contributed by atoms with Crippen LogP contribution in [0.5, 0.6) is 0 Å². The van der Waals surface area contributed by atoms with Gasteiger partial charge in [-0.1, -0.05) is 18.2 Å². The molecule has 4 fully saturated rings. The molecule has 1 amide bonds. The normalized spacial score (nSPS) is 32.0. The minimum Gasteiger partial charge on any atom is -0.322 e. The van der Waals surface area contributed by atoms with Crippen molar-refractivity contribution in [2.45, 2.75) is 52.4 Å². The van der Waals surface area contributed by atoms with E-state index in [4.69, 9.17) is 0 Å². The number of para-hydroxylation sites is 1. The van der Waals surface area contributed by atoms with E-state index in [1.54, 1.807) is 0 Å². The Hall–Kier alpha value is -2.10. The van der Waals surface area contributed by atoms with Gasteiger partial charge in [0, 0.05) is 0 Å². The first-order valence-corrected chi connectivity index (χ1v) is 9.97. The molecule has 0 aliphatic heterocycles. The molecule has 1 N–H and O–H groups in total. The van der Waals surface area contributed by atoms with Gasteiger partial charge in [-0.15, -0.1) is 0 Å². The summed E-state index contributed by atoms with van der Waals surface area (Å²) in [5.41, 5.74) is 3.71. The molecule has 1 heterocycles. The van der Waals surface area contributed by atoms with Crippen LogP contribution >= 0.6 is 0 Å². The van der Waals surface area contributed by atoms with Gasteiger partial charge in [0.25, 0.3) is 0 Å². The number of hydrogen-bond acceptors (Lipinski definition) is 2. The summed E-state index contributed by atoms with van der Waals surface area (Å²) < 4.78 is 1.94. The molecule has 4 bridgehead atoms. The van der Waals surface area contributed by atoms with Gasteiger partial charge in [0.05, 0.1) is 28.2 Å². The molecule has 4 nitrogen and oxygen atoms in total. The topological polar surface area (TPSA) is 46.9 Å². The second-order valence-corrected chi connectivity index (χ2v) is 8.95. The average molecular weight is 349 g/mol. The lowest BCUT2D eigenvalue weighted by Gasteiger charge is -2.55. The number of rotatable bonds is 3. The van der Waals surface area contributed by atoms with Crippen LogP contribution in [0.1, 0.15) is 49.9 Å². The van der Waals surface area contributed by atoms with Crippen LogP contribution in [0.15, 0.2) is 30.3 Å². The third-order valence-electron chi connectivity index (χ3n) is 7.05. The highest BCUT2D eigenvalue weighted by Gasteiger charge is 2.54. The number of carbonyl (C=O) groups is 1. The fourth-order valence-electron chi connectivity index (χ4n) is 6.28. The van der Waals surface area contributed by atoms with E-state index in [1.807, 2.05) is 48.9 Å². The number of nitrogens with zero attached hydrogens (tertiary/aromatic N) is 2. The number of carbonyl (C=O) groups excluding carboxylic acids is 1. The summed E-state index contributed by atoms with van der Waals surface area (Å²) in [6, 6.07) is 10.1. The number of aromatic nitrogens is 2. The van der Waals surface area contributed by atoms with Gasteiger partial charge in [-0.25, -0.2) is 4.68 Å². The first kappa shape index (κ1) is 16.1. The molecule has 4 aliphatic carbocycles. The summed E-state index contributed by atoms with van der Waals surface area (Å²) in [6.45, 7) is 4.03. The first-order valence-electron chi connectivity index (χ1n) is 9.97. The van der Waals surface area contributed by atoms with Crippen LogP contribution < -0.4 is 5.32 Å². The van der Waals surface area contributed by atoms with E-state index in [0.717, 1.165) is 59.8 Å². The number of aryl methyl sites for hydroxylation is 1. The van der Waals surface area contributed by atoms with Gasteiger partial charge in [0.1, 0.15) is 0 Å². The van der Waals surface area contributed by atoms with E-state index in [0.29, 0.717) is 0 Å². The quantitative estimate of drug-likeness (QED) is 0.877. The van der Waals surface area contributed by atoms with E-state index in [1.165, 1.54) is 19.3 Å². The molecular formula is C22H27N3O. The fraction of sp³-hybridized carbons (Fsp3) is 0.545. The molecule has 26 heavy (non-hydrogen) atoms. The predicted molar refractivity (Wildman–Crippen MR) is 102 cm³/mol. The first-order chi connectivity index (χ1) is 12.5. The van der Waals surface area contributed by atoms with Crippen LogP contribution in [0, 0.1) is 37.0 Å². The van der Waals surface area contributed by atoms with Crippen LogP contribution in [0.4, 0.5) is 5.69 Å². The lowest BCUT2D eigenvalue weighted by molar-refractivity contribution is -0.140. The summed E-state index contributed by atoms with van der Waals surface area (Å²) in [7, 11) is 0. The maximum absolute atomic E-state index is 13.4. The second kappa shape index (κ2) is 5.70. The lowest BCUT2D eigenvalue weighted by Crippen LogP contribution is -2.51. The van der Waals surface area contributed by atoms with Crippen LogP contribution in [-0.4, -0.2) is 15.7 Å². The molecule has 1 aromatic carbocycles. The van der Waals surface area contributed by atoms with Crippen molar-refractivity contribution in [3.8, 4) is 5.69 Å². The average Bonchev–Trinajstić information content (AvgIpc) is 2.89. The lowest BCUT2D eigenvalue weighted by atomic mass is 9.49. The van der Waals surface area contributed by atoms with E-state index < -0.39 is 0 Å². The van der Waals surface area contributed by atoms with Crippen LogP contribution in [0.2, 0.25) is 0 Å². The maximum Gasteiger partial charge on any atom is 0.230 e.